The van der Waals surface area contributed by atoms with Crippen LogP contribution in [0.5, 0.6) is 5.75 Å². The van der Waals surface area contributed by atoms with Crippen molar-refractivity contribution < 1.29 is 9.94 Å². The molecule has 0 atom stereocenters. The maximum absolute atomic E-state index is 8.62. The molecule has 0 aliphatic heterocycles. The Hall–Kier alpha value is -2.03. The summed E-state index contributed by atoms with van der Waals surface area (Å²) in [4.78, 5) is 0. The highest BCUT2D eigenvalue weighted by Crippen LogP contribution is 2.22. The van der Waals surface area contributed by atoms with E-state index in [1.54, 1.807) is 7.11 Å². The number of rotatable bonds is 4. The van der Waals surface area contributed by atoms with E-state index in [-0.39, 0.29) is 0 Å². The fourth-order valence-corrected chi connectivity index (χ4v) is 1.93. The highest BCUT2D eigenvalue weighted by molar-refractivity contribution is 5.85. The third-order valence-corrected chi connectivity index (χ3v) is 3.06. The van der Waals surface area contributed by atoms with Crippen molar-refractivity contribution in [1.29, 1.82) is 0 Å². The summed E-state index contributed by atoms with van der Waals surface area (Å²) in [7, 11) is 1.67. The van der Waals surface area contributed by atoms with Gasteiger partial charge in [-0.25, -0.2) is 0 Å². The number of ether oxygens (including phenoxy) is 1. The standard InChI is InChI=1S/C15H17NO2/c1-11(16-17)3-4-12-5-6-14-10-15(18-2)8-7-13(14)9-12/h5-10,17H,3-4H2,1-2H3/b16-11-. The van der Waals surface area contributed by atoms with E-state index in [4.69, 9.17) is 9.94 Å². The van der Waals surface area contributed by atoms with Gasteiger partial charge >= 0.3 is 0 Å². The summed E-state index contributed by atoms with van der Waals surface area (Å²) in [6.07, 6.45) is 1.66. The first-order chi connectivity index (χ1) is 8.72. The molecule has 0 fully saturated rings. The van der Waals surface area contributed by atoms with Crippen LogP contribution in [-0.2, 0) is 6.42 Å². The van der Waals surface area contributed by atoms with Gasteiger partial charge in [0.1, 0.15) is 5.75 Å². The van der Waals surface area contributed by atoms with Crippen LogP contribution in [0.1, 0.15) is 18.9 Å². The zero-order valence-corrected chi connectivity index (χ0v) is 10.7. The van der Waals surface area contributed by atoms with Gasteiger partial charge in [0.05, 0.1) is 12.8 Å². The quantitative estimate of drug-likeness (QED) is 0.506. The molecule has 0 heterocycles. The molecule has 2 rings (SSSR count). The van der Waals surface area contributed by atoms with Gasteiger partial charge in [0.2, 0.25) is 0 Å². The second-order valence-electron chi connectivity index (χ2n) is 4.38. The maximum atomic E-state index is 8.62. The van der Waals surface area contributed by atoms with Crippen molar-refractivity contribution >= 4 is 16.5 Å². The Morgan fingerprint density at radius 1 is 1.17 bits per heavy atom. The van der Waals surface area contributed by atoms with Crippen LogP contribution in [0.2, 0.25) is 0 Å². The van der Waals surface area contributed by atoms with Crippen LogP contribution in [0, 0.1) is 0 Å². The van der Waals surface area contributed by atoms with Gasteiger partial charge in [-0.15, -0.1) is 0 Å². The number of nitrogens with zero attached hydrogens (tertiary/aromatic N) is 1. The number of aryl methyl sites for hydroxylation is 1. The Labute approximate surface area is 107 Å². The second kappa shape index (κ2) is 5.54. The molecule has 0 aromatic heterocycles. The van der Waals surface area contributed by atoms with Crippen molar-refractivity contribution in [2.24, 2.45) is 5.16 Å². The molecule has 0 amide bonds. The van der Waals surface area contributed by atoms with Crippen LogP contribution in [0.15, 0.2) is 41.6 Å². The Balaban J connectivity index is 2.22. The number of benzene rings is 2. The molecule has 0 aliphatic carbocycles. The zero-order chi connectivity index (χ0) is 13.0. The van der Waals surface area contributed by atoms with Crippen molar-refractivity contribution in [2.45, 2.75) is 19.8 Å². The van der Waals surface area contributed by atoms with Gasteiger partial charge in [-0.1, -0.05) is 29.4 Å². The van der Waals surface area contributed by atoms with E-state index in [1.807, 2.05) is 19.1 Å². The van der Waals surface area contributed by atoms with E-state index >= 15 is 0 Å². The monoisotopic (exact) mass is 243 g/mol. The largest absolute Gasteiger partial charge is 0.497 e. The van der Waals surface area contributed by atoms with Gasteiger partial charge in [-0.05, 0) is 48.2 Å². The lowest BCUT2D eigenvalue weighted by Crippen LogP contribution is -1.95. The number of oxime groups is 1. The van der Waals surface area contributed by atoms with Gasteiger partial charge < -0.3 is 9.94 Å². The van der Waals surface area contributed by atoms with Gasteiger partial charge in [0, 0.05) is 0 Å². The van der Waals surface area contributed by atoms with Gasteiger partial charge in [-0.3, -0.25) is 0 Å². The molecular weight excluding hydrogens is 226 g/mol. The molecule has 0 radical (unpaired) electrons. The minimum absolute atomic E-state index is 0.754. The molecule has 0 saturated carbocycles. The number of hydrogen-bond acceptors (Lipinski definition) is 3. The van der Waals surface area contributed by atoms with Crippen molar-refractivity contribution in [3.8, 4) is 5.75 Å². The fourth-order valence-electron chi connectivity index (χ4n) is 1.93. The van der Waals surface area contributed by atoms with E-state index < -0.39 is 0 Å². The van der Waals surface area contributed by atoms with E-state index in [0.29, 0.717) is 0 Å². The lowest BCUT2D eigenvalue weighted by Gasteiger charge is -2.05. The Morgan fingerprint density at radius 3 is 2.61 bits per heavy atom. The molecule has 0 saturated heterocycles. The topological polar surface area (TPSA) is 41.8 Å². The lowest BCUT2D eigenvalue weighted by atomic mass is 10.0. The van der Waals surface area contributed by atoms with Gasteiger partial charge in [0.15, 0.2) is 0 Å². The maximum Gasteiger partial charge on any atom is 0.119 e. The molecule has 1 N–H and O–H groups in total. The Kier molecular flexibility index (Phi) is 3.82. The normalized spacial score (nSPS) is 11.8. The minimum Gasteiger partial charge on any atom is -0.497 e. The molecule has 94 valence electrons. The van der Waals surface area contributed by atoms with Gasteiger partial charge in [0.25, 0.3) is 0 Å². The van der Waals surface area contributed by atoms with Crippen LogP contribution in [-0.4, -0.2) is 18.0 Å². The van der Waals surface area contributed by atoms with E-state index in [2.05, 4.69) is 29.4 Å². The molecule has 3 heteroatoms. The van der Waals surface area contributed by atoms with E-state index in [9.17, 15) is 0 Å². The summed E-state index contributed by atoms with van der Waals surface area (Å²) in [5, 5.41) is 14.2. The van der Waals surface area contributed by atoms with Crippen molar-refractivity contribution in [1.82, 2.24) is 0 Å². The molecule has 0 bridgehead atoms. The first-order valence-corrected chi connectivity index (χ1v) is 5.97. The predicted octanol–water partition coefficient (Wildman–Crippen LogP) is 3.63. The SMILES string of the molecule is COc1ccc2cc(CC/C(C)=N\O)ccc2c1. The summed E-state index contributed by atoms with van der Waals surface area (Å²) in [5.74, 6) is 0.874. The van der Waals surface area contributed by atoms with Gasteiger partial charge in [-0.2, -0.15) is 0 Å². The Bertz CT molecular complexity index is 576. The van der Waals surface area contributed by atoms with E-state index in [0.717, 1.165) is 24.3 Å². The number of fused-ring (bicyclic) bond motifs is 1. The third kappa shape index (κ3) is 2.80. The second-order valence-corrected chi connectivity index (χ2v) is 4.38. The number of methoxy groups -OCH3 is 1. The highest BCUT2D eigenvalue weighted by atomic mass is 16.5. The van der Waals surface area contributed by atoms with Crippen LogP contribution < -0.4 is 4.74 Å². The van der Waals surface area contributed by atoms with Crippen molar-refractivity contribution in [3.63, 3.8) is 0 Å². The molecule has 3 nitrogen and oxygen atoms in total. The summed E-state index contributed by atoms with van der Waals surface area (Å²) in [5.41, 5.74) is 2.00. The molecule has 0 unspecified atom stereocenters. The summed E-state index contributed by atoms with van der Waals surface area (Å²) < 4.78 is 5.20. The average Bonchev–Trinajstić information content (AvgIpc) is 2.43. The lowest BCUT2D eigenvalue weighted by molar-refractivity contribution is 0.317. The average molecular weight is 243 g/mol. The minimum atomic E-state index is 0.754. The highest BCUT2D eigenvalue weighted by Gasteiger charge is 2.00. The molecule has 2 aromatic rings. The summed E-state index contributed by atoms with van der Waals surface area (Å²) >= 11 is 0. The Morgan fingerprint density at radius 2 is 1.89 bits per heavy atom. The van der Waals surface area contributed by atoms with Crippen LogP contribution in [0.4, 0.5) is 0 Å². The summed E-state index contributed by atoms with van der Waals surface area (Å²) in [6.45, 7) is 1.83. The van der Waals surface area contributed by atoms with E-state index in [1.165, 1.54) is 16.3 Å². The molecule has 0 aliphatic rings. The first kappa shape index (κ1) is 12.4. The molecule has 18 heavy (non-hydrogen) atoms. The molecule has 0 spiro atoms. The fraction of sp³-hybridized carbons (Fsp3) is 0.267. The smallest absolute Gasteiger partial charge is 0.119 e. The predicted molar refractivity (Wildman–Crippen MR) is 73.7 cm³/mol. The number of hydrogen-bond donors (Lipinski definition) is 1. The van der Waals surface area contributed by atoms with Crippen LogP contribution in [0.25, 0.3) is 10.8 Å². The zero-order valence-electron chi connectivity index (χ0n) is 10.7. The van der Waals surface area contributed by atoms with Crippen LogP contribution in [0.3, 0.4) is 0 Å². The van der Waals surface area contributed by atoms with Crippen LogP contribution >= 0.6 is 0 Å². The molecule has 2 aromatic carbocycles. The third-order valence-electron chi connectivity index (χ3n) is 3.06. The summed E-state index contributed by atoms with van der Waals surface area (Å²) in [6, 6.07) is 12.4. The van der Waals surface area contributed by atoms with Crippen molar-refractivity contribution in [2.75, 3.05) is 7.11 Å². The first-order valence-electron chi connectivity index (χ1n) is 5.97. The molecular formula is C15H17NO2. The van der Waals surface area contributed by atoms with Crippen molar-refractivity contribution in [3.05, 3.63) is 42.0 Å².